The topological polar surface area (TPSA) is 94.4 Å². The summed E-state index contributed by atoms with van der Waals surface area (Å²) in [4.78, 5) is 27.2. The number of amides is 1. The zero-order valence-corrected chi connectivity index (χ0v) is 15.9. The van der Waals surface area contributed by atoms with Gasteiger partial charge in [-0.15, -0.1) is 11.3 Å². The number of carbonyl (C=O) groups is 1. The molecule has 8 heteroatoms. The predicted octanol–water partition coefficient (Wildman–Crippen LogP) is 4.89. The quantitative estimate of drug-likeness (QED) is 0.364. The van der Waals surface area contributed by atoms with Gasteiger partial charge in [0, 0.05) is 17.7 Å². The van der Waals surface area contributed by atoms with E-state index in [0.29, 0.717) is 11.4 Å². The number of nitrogens with zero attached hydrogens (tertiary/aromatic N) is 2. The molecule has 3 aromatic carbocycles. The highest BCUT2D eigenvalue weighted by molar-refractivity contribution is 7.21. The Morgan fingerprint density at radius 1 is 1.03 bits per heavy atom. The number of hydrogen-bond donors (Lipinski definition) is 1. The van der Waals surface area contributed by atoms with E-state index in [0.717, 1.165) is 20.8 Å². The molecule has 29 heavy (non-hydrogen) atoms. The summed E-state index contributed by atoms with van der Waals surface area (Å²) in [5, 5.41) is 14.3. The van der Waals surface area contributed by atoms with Crippen LogP contribution in [0.5, 0.6) is 5.75 Å². The zero-order chi connectivity index (χ0) is 20.2. The largest absolute Gasteiger partial charge is 0.484 e. The van der Waals surface area contributed by atoms with E-state index in [1.54, 1.807) is 11.3 Å². The van der Waals surface area contributed by atoms with Crippen LogP contribution in [0.2, 0.25) is 0 Å². The van der Waals surface area contributed by atoms with E-state index in [9.17, 15) is 14.9 Å². The fourth-order valence-electron chi connectivity index (χ4n) is 2.77. The Morgan fingerprint density at radius 2 is 1.76 bits per heavy atom. The standard InChI is InChI=1S/C21H15N3O4S/c25-20(13-28-15-11-9-14(10-12-15)24(26)27)22-17-6-2-1-5-16(17)21-23-18-7-3-4-8-19(18)29-21/h1-12H,13H2,(H,22,25). The van der Waals surface area contributed by atoms with Crippen LogP contribution in [0.1, 0.15) is 0 Å². The van der Waals surface area contributed by atoms with Crippen molar-refractivity contribution in [3.63, 3.8) is 0 Å². The SMILES string of the molecule is O=C(COc1ccc([N+](=O)[O-])cc1)Nc1ccccc1-c1nc2ccccc2s1. The number of non-ortho nitro benzene ring substituents is 1. The number of nitro groups is 1. The van der Waals surface area contributed by atoms with Gasteiger partial charge < -0.3 is 10.1 Å². The Hall–Kier alpha value is -3.78. The molecule has 0 atom stereocenters. The van der Waals surface area contributed by atoms with Crippen LogP contribution in [0.4, 0.5) is 11.4 Å². The number of aromatic nitrogens is 1. The van der Waals surface area contributed by atoms with Gasteiger partial charge >= 0.3 is 0 Å². The summed E-state index contributed by atoms with van der Waals surface area (Å²) >= 11 is 1.56. The molecule has 0 bridgehead atoms. The van der Waals surface area contributed by atoms with Crippen LogP contribution in [-0.2, 0) is 4.79 Å². The van der Waals surface area contributed by atoms with Crippen LogP contribution in [0.15, 0.2) is 72.8 Å². The molecule has 144 valence electrons. The molecule has 0 aliphatic heterocycles. The van der Waals surface area contributed by atoms with Crippen molar-refractivity contribution >= 4 is 38.8 Å². The molecule has 0 spiro atoms. The predicted molar refractivity (Wildman–Crippen MR) is 112 cm³/mol. The zero-order valence-electron chi connectivity index (χ0n) is 15.1. The van der Waals surface area contributed by atoms with Gasteiger partial charge in [0.25, 0.3) is 11.6 Å². The Labute approximate surface area is 169 Å². The number of nitro benzene ring substituents is 1. The highest BCUT2D eigenvalue weighted by atomic mass is 32.1. The van der Waals surface area contributed by atoms with Gasteiger partial charge in [0.05, 0.1) is 20.8 Å². The summed E-state index contributed by atoms with van der Waals surface area (Å²) in [5.41, 5.74) is 2.35. The molecule has 0 aliphatic carbocycles. The molecule has 7 nitrogen and oxygen atoms in total. The number of rotatable bonds is 6. The molecule has 0 saturated heterocycles. The molecule has 4 aromatic rings. The number of ether oxygens (including phenoxy) is 1. The Bertz CT molecular complexity index is 1150. The van der Waals surface area contributed by atoms with Crippen molar-refractivity contribution in [2.45, 2.75) is 0 Å². The fraction of sp³-hybridized carbons (Fsp3) is 0.0476. The van der Waals surface area contributed by atoms with Crippen LogP contribution in [-0.4, -0.2) is 22.4 Å². The third-order valence-corrected chi connectivity index (χ3v) is 5.21. The number of nitrogens with one attached hydrogen (secondary N) is 1. The minimum absolute atomic E-state index is 0.0356. The van der Waals surface area contributed by atoms with Crippen molar-refractivity contribution in [3.8, 4) is 16.3 Å². The average Bonchev–Trinajstić information content (AvgIpc) is 3.17. The van der Waals surface area contributed by atoms with Gasteiger partial charge in [-0.1, -0.05) is 24.3 Å². The average molecular weight is 405 g/mol. The van der Waals surface area contributed by atoms with E-state index >= 15 is 0 Å². The number of thiazole rings is 1. The van der Waals surface area contributed by atoms with Crippen LogP contribution in [0.25, 0.3) is 20.8 Å². The second-order valence-corrected chi connectivity index (χ2v) is 7.15. The second-order valence-electron chi connectivity index (χ2n) is 6.12. The summed E-state index contributed by atoms with van der Waals surface area (Å²) in [6, 6.07) is 20.9. The Kier molecular flexibility index (Phi) is 5.17. The van der Waals surface area contributed by atoms with E-state index in [1.165, 1.54) is 24.3 Å². The molecule has 0 unspecified atom stereocenters. The first kappa shape index (κ1) is 18.6. The number of anilines is 1. The smallest absolute Gasteiger partial charge is 0.269 e. The lowest BCUT2D eigenvalue weighted by atomic mass is 10.2. The first-order valence-corrected chi connectivity index (χ1v) is 9.54. The number of para-hydroxylation sites is 2. The van der Waals surface area contributed by atoms with Crippen molar-refractivity contribution in [2.24, 2.45) is 0 Å². The van der Waals surface area contributed by atoms with Crippen LogP contribution in [0.3, 0.4) is 0 Å². The van der Waals surface area contributed by atoms with Crippen molar-refractivity contribution in [2.75, 3.05) is 11.9 Å². The minimum atomic E-state index is -0.491. The van der Waals surface area contributed by atoms with E-state index < -0.39 is 4.92 Å². The molecule has 1 aromatic heterocycles. The molecule has 1 amide bonds. The molecule has 0 aliphatic rings. The molecular formula is C21H15N3O4S. The maximum atomic E-state index is 12.4. The summed E-state index contributed by atoms with van der Waals surface area (Å²) in [5.74, 6) is 0.0436. The van der Waals surface area contributed by atoms with Gasteiger partial charge in [-0.25, -0.2) is 4.98 Å². The first-order chi connectivity index (χ1) is 14.1. The van der Waals surface area contributed by atoms with Crippen LogP contribution >= 0.6 is 11.3 Å². The molecule has 0 saturated carbocycles. The lowest BCUT2D eigenvalue weighted by molar-refractivity contribution is -0.384. The first-order valence-electron chi connectivity index (χ1n) is 8.72. The van der Waals surface area contributed by atoms with Gasteiger partial charge in [-0.2, -0.15) is 0 Å². The molecule has 4 rings (SSSR count). The lowest BCUT2D eigenvalue weighted by Crippen LogP contribution is -2.20. The fourth-order valence-corrected chi connectivity index (χ4v) is 3.77. The van der Waals surface area contributed by atoms with E-state index in [4.69, 9.17) is 4.74 Å². The van der Waals surface area contributed by atoms with E-state index in [1.807, 2.05) is 48.5 Å². The monoisotopic (exact) mass is 405 g/mol. The minimum Gasteiger partial charge on any atom is -0.484 e. The number of fused-ring (bicyclic) bond motifs is 1. The molecule has 0 fully saturated rings. The van der Waals surface area contributed by atoms with Gasteiger partial charge in [-0.3, -0.25) is 14.9 Å². The second kappa shape index (κ2) is 8.07. The lowest BCUT2D eigenvalue weighted by Gasteiger charge is -2.10. The Morgan fingerprint density at radius 3 is 2.52 bits per heavy atom. The summed E-state index contributed by atoms with van der Waals surface area (Å²) in [6.07, 6.45) is 0. The van der Waals surface area contributed by atoms with Gasteiger partial charge in [0.1, 0.15) is 10.8 Å². The molecule has 1 heterocycles. The third kappa shape index (κ3) is 4.22. The maximum absolute atomic E-state index is 12.4. The highest BCUT2D eigenvalue weighted by Gasteiger charge is 2.13. The summed E-state index contributed by atoms with van der Waals surface area (Å²) < 4.78 is 6.49. The summed E-state index contributed by atoms with van der Waals surface area (Å²) in [6.45, 7) is -0.216. The van der Waals surface area contributed by atoms with Gasteiger partial charge in [-0.05, 0) is 36.4 Å². The van der Waals surface area contributed by atoms with Gasteiger partial charge in [0.15, 0.2) is 6.61 Å². The van der Waals surface area contributed by atoms with Crippen molar-refractivity contribution in [1.29, 1.82) is 0 Å². The maximum Gasteiger partial charge on any atom is 0.269 e. The van der Waals surface area contributed by atoms with Crippen LogP contribution < -0.4 is 10.1 Å². The molecular weight excluding hydrogens is 390 g/mol. The van der Waals surface area contributed by atoms with E-state index in [2.05, 4.69) is 10.3 Å². The number of hydrogen-bond acceptors (Lipinski definition) is 6. The molecule has 0 radical (unpaired) electrons. The normalized spacial score (nSPS) is 10.6. The number of carbonyl (C=O) groups excluding carboxylic acids is 1. The number of benzene rings is 3. The molecule has 1 N–H and O–H groups in total. The van der Waals surface area contributed by atoms with Crippen molar-refractivity contribution in [3.05, 3.63) is 82.9 Å². The highest BCUT2D eigenvalue weighted by Crippen LogP contribution is 2.34. The summed E-state index contributed by atoms with van der Waals surface area (Å²) in [7, 11) is 0. The Balaban J connectivity index is 1.46. The third-order valence-electron chi connectivity index (χ3n) is 4.14. The van der Waals surface area contributed by atoms with Gasteiger partial charge in [0.2, 0.25) is 0 Å². The van der Waals surface area contributed by atoms with Crippen molar-refractivity contribution < 1.29 is 14.5 Å². The van der Waals surface area contributed by atoms with Crippen LogP contribution in [0, 0.1) is 10.1 Å². The van der Waals surface area contributed by atoms with E-state index in [-0.39, 0.29) is 18.2 Å². The van der Waals surface area contributed by atoms with Crippen molar-refractivity contribution in [1.82, 2.24) is 4.98 Å².